The molecule has 0 spiro atoms. The molecule has 0 aromatic carbocycles. The molecule has 0 unspecified atom stereocenters. The molecule has 0 aliphatic heterocycles. The summed E-state index contributed by atoms with van der Waals surface area (Å²) in [6.07, 6.45) is 6.64. The van der Waals surface area contributed by atoms with Crippen molar-refractivity contribution in [1.82, 2.24) is 4.98 Å². The normalized spacial score (nSPS) is 10.6. The van der Waals surface area contributed by atoms with Gasteiger partial charge in [0, 0.05) is 6.20 Å². The molecule has 0 saturated heterocycles. The maximum absolute atomic E-state index is 11.9. The molecule has 2 rings (SSSR count). The van der Waals surface area contributed by atoms with Crippen LogP contribution in [0.1, 0.15) is 41.6 Å². The fraction of sp³-hybridized carbons (Fsp3) is 0.308. The zero-order valence-electron chi connectivity index (χ0n) is 9.32. The molecule has 0 amide bonds. The summed E-state index contributed by atoms with van der Waals surface area (Å²) in [5.74, 6) is 0.321. The molecule has 84 valence electrons. The SMILES string of the molecule is CCCCc1coc(C(=O)c2ccc[nH]2)c1. The van der Waals surface area contributed by atoms with E-state index >= 15 is 0 Å². The number of aromatic amines is 1. The Labute approximate surface area is 94.5 Å². The molecule has 1 N–H and O–H groups in total. The van der Waals surface area contributed by atoms with Crippen molar-refractivity contribution in [3.05, 3.63) is 47.7 Å². The van der Waals surface area contributed by atoms with Crippen LogP contribution in [-0.2, 0) is 6.42 Å². The minimum atomic E-state index is -0.0900. The van der Waals surface area contributed by atoms with E-state index in [9.17, 15) is 4.79 Å². The predicted molar refractivity (Wildman–Crippen MR) is 61.5 cm³/mol. The second-order valence-electron chi connectivity index (χ2n) is 3.84. The highest BCUT2D eigenvalue weighted by molar-refractivity contribution is 6.05. The van der Waals surface area contributed by atoms with Crippen molar-refractivity contribution >= 4 is 5.78 Å². The molecular formula is C13H15NO2. The number of carbonyl (C=O) groups excluding carboxylic acids is 1. The van der Waals surface area contributed by atoms with E-state index in [0.717, 1.165) is 24.8 Å². The molecule has 2 heterocycles. The van der Waals surface area contributed by atoms with Crippen LogP contribution in [0, 0.1) is 0 Å². The van der Waals surface area contributed by atoms with Gasteiger partial charge in [0.1, 0.15) is 0 Å². The van der Waals surface area contributed by atoms with Gasteiger partial charge >= 0.3 is 0 Å². The Bertz CT molecular complexity index is 454. The lowest BCUT2D eigenvalue weighted by Gasteiger charge is -1.92. The van der Waals surface area contributed by atoms with Gasteiger partial charge in [-0.15, -0.1) is 0 Å². The van der Waals surface area contributed by atoms with Gasteiger partial charge in [0.2, 0.25) is 5.78 Å². The molecule has 0 bridgehead atoms. The van der Waals surface area contributed by atoms with Crippen LogP contribution in [0.4, 0.5) is 0 Å². The van der Waals surface area contributed by atoms with E-state index in [2.05, 4.69) is 11.9 Å². The first kappa shape index (κ1) is 10.7. The van der Waals surface area contributed by atoms with Crippen LogP contribution < -0.4 is 0 Å². The molecule has 0 fully saturated rings. The van der Waals surface area contributed by atoms with Gasteiger partial charge in [-0.2, -0.15) is 0 Å². The van der Waals surface area contributed by atoms with Gasteiger partial charge in [-0.1, -0.05) is 13.3 Å². The summed E-state index contributed by atoms with van der Waals surface area (Å²) in [4.78, 5) is 14.7. The van der Waals surface area contributed by atoms with Crippen LogP contribution in [0.3, 0.4) is 0 Å². The van der Waals surface area contributed by atoms with Crippen LogP contribution in [0.15, 0.2) is 35.1 Å². The minimum absolute atomic E-state index is 0.0900. The second kappa shape index (κ2) is 4.84. The highest BCUT2D eigenvalue weighted by Gasteiger charge is 2.13. The third kappa shape index (κ3) is 2.24. The average Bonchev–Trinajstić information content (AvgIpc) is 2.96. The lowest BCUT2D eigenvalue weighted by molar-refractivity contribution is 0.100. The zero-order chi connectivity index (χ0) is 11.4. The third-order valence-electron chi connectivity index (χ3n) is 2.54. The van der Waals surface area contributed by atoms with E-state index < -0.39 is 0 Å². The van der Waals surface area contributed by atoms with Crippen molar-refractivity contribution in [1.29, 1.82) is 0 Å². The lowest BCUT2D eigenvalue weighted by Crippen LogP contribution is -1.99. The number of unbranched alkanes of at least 4 members (excludes halogenated alkanes) is 1. The van der Waals surface area contributed by atoms with Crippen LogP contribution in [0.25, 0.3) is 0 Å². The number of aryl methyl sites for hydroxylation is 1. The van der Waals surface area contributed by atoms with Gasteiger partial charge in [0.15, 0.2) is 5.76 Å². The lowest BCUT2D eigenvalue weighted by atomic mass is 10.1. The predicted octanol–water partition coefficient (Wildman–Crippen LogP) is 3.18. The number of rotatable bonds is 5. The van der Waals surface area contributed by atoms with Crippen LogP contribution in [-0.4, -0.2) is 10.8 Å². The van der Waals surface area contributed by atoms with E-state index in [0.29, 0.717) is 11.5 Å². The summed E-state index contributed by atoms with van der Waals surface area (Å²) in [6, 6.07) is 5.38. The fourth-order valence-corrected chi connectivity index (χ4v) is 1.61. The number of nitrogens with one attached hydrogen (secondary N) is 1. The number of hydrogen-bond donors (Lipinski definition) is 1. The number of furan rings is 1. The van der Waals surface area contributed by atoms with Gasteiger partial charge in [-0.05, 0) is 36.6 Å². The highest BCUT2D eigenvalue weighted by Crippen LogP contribution is 2.14. The minimum Gasteiger partial charge on any atom is -0.461 e. The fourth-order valence-electron chi connectivity index (χ4n) is 1.61. The van der Waals surface area contributed by atoms with Crippen molar-refractivity contribution < 1.29 is 9.21 Å². The van der Waals surface area contributed by atoms with E-state index in [4.69, 9.17) is 4.42 Å². The van der Waals surface area contributed by atoms with E-state index in [1.54, 1.807) is 24.6 Å². The van der Waals surface area contributed by atoms with Gasteiger partial charge in [-0.25, -0.2) is 0 Å². The summed E-state index contributed by atoms with van der Waals surface area (Å²) >= 11 is 0. The summed E-state index contributed by atoms with van der Waals surface area (Å²) in [5.41, 5.74) is 1.66. The van der Waals surface area contributed by atoms with Crippen molar-refractivity contribution in [2.24, 2.45) is 0 Å². The Morgan fingerprint density at radius 1 is 1.50 bits per heavy atom. The van der Waals surface area contributed by atoms with E-state index in [1.165, 1.54) is 0 Å². The third-order valence-corrected chi connectivity index (χ3v) is 2.54. The zero-order valence-corrected chi connectivity index (χ0v) is 9.32. The van der Waals surface area contributed by atoms with E-state index in [-0.39, 0.29) is 5.78 Å². The first-order valence-corrected chi connectivity index (χ1v) is 5.56. The molecule has 0 saturated carbocycles. The van der Waals surface area contributed by atoms with Crippen molar-refractivity contribution in [2.45, 2.75) is 26.2 Å². The van der Waals surface area contributed by atoms with E-state index in [1.807, 2.05) is 6.07 Å². The Morgan fingerprint density at radius 2 is 2.38 bits per heavy atom. The smallest absolute Gasteiger partial charge is 0.244 e. The Balaban J connectivity index is 2.10. The maximum atomic E-state index is 11.9. The van der Waals surface area contributed by atoms with Crippen molar-refractivity contribution in [2.75, 3.05) is 0 Å². The van der Waals surface area contributed by atoms with Crippen molar-refractivity contribution in [3.8, 4) is 0 Å². The molecule has 3 nitrogen and oxygen atoms in total. The van der Waals surface area contributed by atoms with Crippen LogP contribution >= 0.6 is 0 Å². The molecular weight excluding hydrogens is 202 g/mol. The maximum Gasteiger partial charge on any atom is 0.244 e. The van der Waals surface area contributed by atoms with Gasteiger partial charge in [-0.3, -0.25) is 4.79 Å². The van der Waals surface area contributed by atoms with Gasteiger partial charge in [0.25, 0.3) is 0 Å². The number of ketones is 1. The first-order valence-electron chi connectivity index (χ1n) is 5.56. The standard InChI is InChI=1S/C13H15NO2/c1-2-3-5-10-8-12(16-9-10)13(15)11-6-4-7-14-11/h4,6-9,14H,2-3,5H2,1H3. The summed E-state index contributed by atoms with van der Waals surface area (Å²) in [6.45, 7) is 2.14. The summed E-state index contributed by atoms with van der Waals surface area (Å²) in [5, 5.41) is 0. The molecule has 0 aliphatic carbocycles. The highest BCUT2D eigenvalue weighted by atomic mass is 16.3. The Hall–Kier alpha value is -1.77. The second-order valence-corrected chi connectivity index (χ2v) is 3.84. The Morgan fingerprint density at radius 3 is 3.06 bits per heavy atom. The molecule has 0 aliphatic rings. The number of H-pyrrole nitrogens is 1. The quantitative estimate of drug-likeness (QED) is 0.782. The Kier molecular flexibility index (Phi) is 3.25. The van der Waals surface area contributed by atoms with Crippen LogP contribution in [0.5, 0.6) is 0 Å². The molecule has 0 radical (unpaired) electrons. The largest absolute Gasteiger partial charge is 0.461 e. The van der Waals surface area contributed by atoms with Gasteiger partial charge in [0.05, 0.1) is 12.0 Å². The first-order chi connectivity index (χ1) is 7.81. The topological polar surface area (TPSA) is 46.0 Å². The summed E-state index contributed by atoms with van der Waals surface area (Å²) < 4.78 is 5.28. The molecule has 0 atom stereocenters. The molecule has 2 aromatic heterocycles. The summed E-state index contributed by atoms with van der Waals surface area (Å²) in [7, 11) is 0. The van der Waals surface area contributed by atoms with Gasteiger partial charge < -0.3 is 9.40 Å². The molecule has 3 heteroatoms. The molecule has 2 aromatic rings. The van der Waals surface area contributed by atoms with Crippen LogP contribution in [0.2, 0.25) is 0 Å². The number of aromatic nitrogens is 1. The molecule has 16 heavy (non-hydrogen) atoms. The number of carbonyl (C=O) groups is 1. The average molecular weight is 217 g/mol. The van der Waals surface area contributed by atoms with Crippen molar-refractivity contribution in [3.63, 3.8) is 0 Å². The number of hydrogen-bond acceptors (Lipinski definition) is 2. The monoisotopic (exact) mass is 217 g/mol.